The summed E-state index contributed by atoms with van der Waals surface area (Å²) in [5.41, 5.74) is 5.53. The van der Waals surface area contributed by atoms with Crippen LogP contribution in [0.3, 0.4) is 0 Å². The standard InChI is InChI=1S/C27H29N3O2/c1-20-14-15-21(2)25(17-20)32-19-27(31)28-16-8-13-26-29-23-11-6-7-12-24(23)30(26)18-22-9-4-3-5-10-22/h3-7,9-12,14-15,17H,8,13,16,18-19H2,1-2H3,(H,28,31). The number of para-hydroxylation sites is 2. The van der Waals surface area contributed by atoms with Gasteiger partial charge in [0.05, 0.1) is 11.0 Å². The maximum absolute atomic E-state index is 12.2. The maximum atomic E-state index is 12.2. The van der Waals surface area contributed by atoms with E-state index in [2.05, 4.69) is 40.2 Å². The second-order valence-corrected chi connectivity index (χ2v) is 8.10. The highest BCUT2D eigenvalue weighted by Crippen LogP contribution is 2.20. The number of carbonyl (C=O) groups is 1. The summed E-state index contributed by atoms with van der Waals surface area (Å²) < 4.78 is 7.97. The molecule has 0 aliphatic carbocycles. The van der Waals surface area contributed by atoms with Gasteiger partial charge in [-0.05, 0) is 55.2 Å². The van der Waals surface area contributed by atoms with Gasteiger partial charge in [-0.3, -0.25) is 4.79 Å². The normalized spacial score (nSPS) is 10.9. The number of rotatable bonds is 9. The van der Waals surface area contributed by atoms with E-state index in [-0.39, 0.29) is 12.5 Å². The Balaban J connectivity index is 1.33. The number of benzene rings is 3. The molecule has 1 N–H and O–H groups in total. The predicted molar refractivity (Wildman–Crippen MR) is 128 cm³/mol. The molecule has 0 radical (unpaired) electrons. The highest BCUT2D eigenvalue weighted by atomic mass is 16.5. The summed E-state index contributed by atoms with van der Waals surface area (Å²) in [4.78, 5) is 17.1. The van der Waals surface area contributed by atoms with Crippen LogP contribution in [-0.2, 0) is 17.8 Å². The van der Waals surface area contributed by atoms with E-state index in [9.17, 15) is 4.79 Å². The lowest BCUT2D eigenvalue weighted by Gasteiger charge is -2.11. The van der Waals surface area contributed by atoms with Crippen molar-refractivity contribution in [1.82, 2.24) is 14.9 Å². The molecule has 0 unspecified atom stereocenters. The van der Waals surface area contributed by atoms with E-state index in [0.717, 1.165) is 53.1 Å². The fraction of sp³-hybridized carbons (Fsp3) is 0.259. The Morgan fingerprint density at radius 2 is 1.78 bits per heavy atom. The van der Waals surface area contributed by atoms with Crippen LogP contribution >= 0.6 is 0 Å². The van der Waals surface area contributed by atoms with Crippen LogP contribution in [0.5, 0.6) is 5.75 Å². The van der Waals surface area contributed by atoms with Crippen LogP contribution in [0.25, 0.3) is 11.0 Å². The molecule has 0 spiro atoms. The average Bonchev–Trinajstić information content (AvgIpc) is 3.15. The van der Waals surface area contributed by atoms with E-state index in [0.29, 0.717) is 6.54 Å². The van der Waals surface area contributed by atoms with Gasteiger partial charge in [-0.15, -0.1) is 0 Å². The highest BCUT2D eigenvalue weighted by Gasteiger charge is 2.11. The minimum absolute atomic E-state index is 0.0246. The van der Waals surface area contributed by atoms with Gasteiger partial charge in [0.25, 0.3) is 5.91 Å². The van der Waals surface area contributed by atoms with Crippen molar-refractivity contribution >= 4 is 16.9 Å². The minimum atomic E-state index is -0.108. The van der Waals surface area contributed by atoms with Crippen molar-refractivity contribution in [3.05, 3.63) is 95.3 Å². The Bertz CT molecular complexity index is 1200. The molecule has 4 rings (SSSR count). The first-order valence-electron chi connectivity index (χ1n) is 11.0. The zero-order valence-corrected chi connectivity index (χ0v) is 18.7. The molecule has 164 valence electrons. The molecule has 3 aromatic carbocycles. The molecule has 0 saturated heterocycles. The van der Waals surface area contributed by atoms with Gasteiger partial charge >= 0.3 is 0 Å². The minimum Gasteiger partial charge on any atom is -0.483 e. The first-order valence-corrected chi connectivity index (χ1v) is 11.0. The first-order chi connectivity index (χ1) is 15.6. The fourth-order valence-corrected chi connectivity index (χ4v) is 3.79. The number of amides is 1. The van der Waals surface area contributed by atoms with Crippen LogP contribution in [-0.4, -0.2) is 28.6 Å². The van der Waals surface area contributed by atoms with Crippen LogP contribution in [0.4, 0.5) is 0 Å². The van der Waals surface area contributed by atoms with Crippen molar-refractivity contribution in [3.63, 3.8) is 0 Å². The van der Waals surface area contributed by atoms with Gasteiger partial charge in [-0.25, -0.2) is 4.98 Å². The molecular weight excluding hydrogens is 398 g/mol. The summed E-state index contributed by atoms with van der Waals surface area (Å²) >= 11 is 0. The van der Waals surface area contributed by atoms with Crippen LogP contribution < -0.4 is 10.1 Å². The van der Waals surface area contributed by atoms with Crippen molar-refractivity contribution < 1.29 is 9.53 Å². The van der Waals surface area contributed by atoms with E-state index in [4.69, 9.17) is 9.72 Å². The van der Waals surface area contributed by atoms with Crippen molar-refractivity contribution in [1.29, 1.82) is 0 Å². The summed E-state index contributed by atoms with van der Waals surface area (Å²) in [6.07, 6.45) is 1.60. The van der Waals surface area contributed by atoms with Crippen LogP contribution in [0.1, 0.15) is 28.9 Å². The number of nitrogens with zero attached hydrogens (tertiary/aromatic N) is 2. The number of imidazole rings is 1. The molecule has 32 heavy (non-hydrogen) atoms. The SMILES string of the molecule is Cc1ccc(C)c(OCC(=O)NCCCc2nc3ccccc3n2Cc2ccccc2)c1. The average molecular weight is 428 g/mol. The monoisotopic (exact) mass is 427 g/mol. The number of aryl methyl sites for hydroxylation is 3. The van der Waals surface area contributed by atoms with E-state index < -0.39 is 0 Å². The van der Waals surface area contributed by atoms with Crippen molar-refractivity contribution in [2.75, 3.05) is 13.2 Å². The molecule has 1 aromatic heterocycles. The smallest absolute Gasteiger partial charge is 0.257 e. The van der Waals surface area contributed by atoms with E-state index in [1.165, 1.54) is 5.56 Å². The fourth-order valence-electron chi connectivity index (χ4n) is 3.79. The van der Waals surface area contributed by atoms with Crippen LogP contribution in [0, 0.1) is 13.8 Å². The Labute approximate surface area is 189 Å². The zero-order chi connectivity index (χ0) is 22.3. The second-order valence-electron chi connectivity index (χ2n) is 8.10. The third kappa shape index (κ3) is 5.35. The Morgan fingerprint density at radius 1 is 1.00 bits per heavy atom. The molecule has 0 aliphatic heterocycles. The molecule has 0 fully saturated rings. The number of carbonyl (C=O) groups excluding carboxylic acids is 1. The molecule has 0 saturated carbocycles. The van der Waals surface area contributed by atoms with Crippen molar-refractivity contribution in [2.24, 2.45) is 0 Å². The molecule has 0 bridgehead atoms. The molecule has 0 aliphatic rings. The van der Waals surface area contributed by atoms with Gasteiger partial charge in [0.15, 0.2) is 6.61 Å². The maximum Gasteiger partial charge on any atom is 0.257 e. The predicted octanol–water partition coefficient (Wildman–Crippen LogP) is 4.83. The third-order valence-electron chi connectivity index (χ3n) is 5.52. The van der Waals surface area contributed by atoms with E-state index >= 15 is 0 Å². The lowest BCUT2D eigenvalue weighted by atomic mass is 10.1. The Morgan fingerprint density at radius 3 is 2.62 bits per heavy atom. The lowest BCUT2D eigenvalue weighted by molar-refractivity contribution is -0.123. The summed E-state index contributed by atoms with van der Waals surface area (Å²) in [5.74, 6) is 1.69. The molecule has 1 heterocycles. The molecule has 5 nitrogen and oxygen atoms in total. The van der Waals surface area contributed by atoms with Gasteiger partial charge in [-0.1, -0.05) is 54.6 Å². The summed E-state index contributed by atoms with van der Waals surface area (Å²) in [6.45, 7) is 5.39. The topological polar surface area (TPSA) is 56.1 Å². The molecule has 5 heteroatoms. The molecular formula is C27H29N3O2. The third-order valence-corrected chi connectivity index (χ3v) is 5.52. The number of nitrogens with one attached hydrogen (secondary N) is 1. The number of hydrogen-bond acceptors (Lipinski definition) is 3. The second kappa shape index (κ2) is 10.1. The van der Waals surface area contributed by atoms with Gasteiger partial charge in [-0.2, -0.15) is 0 Å². The zero-order valence-electron chi connectivity index (χ0n) is 18.7. The number of ether oxygens (including phenoxy) is 1. The number of aromatic nitrogens is 2. The van der Waals surface area contributed by atoms with Gasteiger partial charge in [0.1, 0.15) is 11.6 Å². The Hall–Kier alpha value is -3.60. The van der Waals surface area contributed by atoms with Crippen LogP contribution in [0.15, 0.2) is 72.8 Å². The molecule has 0 atom stereocenters. The number of hydrogen-bond donors (Lipinski definition) is 1. The lowest BCUT2D eigenvalue weighted by Crippen LogP contribution is -2.30. The first kappa shape index (κ1) is 21.6. The van der Waals surface area contributed by atoms with Gasteiger partial charge in [0, 0.05) is 19.5 Å². The van der Waals surface area contributed by atoms with E-state index in [1.54, 1.807) is 0 Å². The van der Waals surface area contributed by atoms with E-state index in [1.807, 2.05) is 56.3 Å². The largest absolute Gasteiger partial charge is 0.483 e. The summed E-state index contributed by atoms with van der Waals surface area (Å²) in [7, 11) is 0. The van der Waals surface area contributed by atoms with Crippen molar-refractivity contribution in [3.8, 4) is 5.75 Å². The quantitative estimate of drug-likeness (QED) is 0.389. The van der Waals surface area contributed by atoms with Crippen molar-refractivity contribution in [2.45, 2.75) is 33.2 Å². The summed E-state index contributed by atoms with van der Waals surface area (Å²) in [5, 5.41) is 2.96. The molecule has 4 aromatic rings. The van der Waals surface area contributed by atoms with Gasteiger partial charge in [0.2, 0.25) is 0 Å². The Kier molecular flexibility index (Phi) is 6.85. The summed E-state index contributed by atoms with van der Waals surface area (Å²) in [6, 6.07) is 24.6. The van der Waals surface area contributed by atoms with Crippen LogP contribution in [0.2, 0.25) is 0 Å². The highest BCUT2D eigenvalue weighted by molar-refractivity contribution is 5.77. The number of fused-ring (bicyclic) bond motifs is 1. The molecule has 1 amide bonds. The van der Waals surface area contributed by atoms with Gasteiger partial charge < -0.3 is 14.6 Å².